The number of aromatic hydroxyl groups is 3. The summed E-state index contributed by atoms with van der Waals surface area (Å²) in [6, 6.07) is 30.7. The molecule has 0 saturated carbocycles. The van der Waals surface area contributed by atoms with Gasteiger partial charge in [-0.3, -0.25) is 9.11 Å². The number of hydrogen-bond acceptors (Lipinski definition) is 27. The highest BCUT2D eigenvalue weighted by molar-refractivity contribution is 7.95. The summed E-state index contributed by atoms with van der Waals surface area (Å²) >= 11 is 1.32. The van der Waals surface area contributed by atoms with Gasteiger partial charge in [0, 0.05) is 44.4 Å². The van der Waals surface area contributed by atoms with Gasteiger partial charge in [0.2, 0.25) is 0 Å². The van der Waals surface area contributed by atoms with E-state index in [0.717, 1.165) is 34.9 Å². The molecule has 0 radical (unpaired) electrons. The number of aliphatic hydroxyl groups is 1. The number of fused-ring (bicyclic) bond motifs is 4. The molecule has 2 atom stereocenters. The van der Waals surface area contributed by atoms with E-state index in [2.05, 4.69) is 60.6 Å². The molecule has 1 aliphatic carbocycles. The van der Waals surface area contributed by atoms with Crippen LogP contribution in [0.1, 0.15) is 18.1 Å². The van der Waals surface area contributed by atoms with Crippen LogP contribution < -0.4 is 10.1 Å². The van der Waals surface area contributed by atoms with Crippen molar-refractivity contribution >= 4 is 133 Å². The van der Waals surface area contributed by atoms with Crippen molar-refractivity contribution in [1.82, 2.24) is 0 Å². The zero-order valence-corrected chi connectivity index (χ0v) is 49.9. The van der Waals surface area contributed by atoms with Crippen LogP contribution in [0.4, 0.5) is 45.5 Å². The molecule has 458 valence electrons. The number of hydrogen-bond donors (Lipinski definition) is 9. The van der Waals surface area contributed by atoms with Crippen molar-refractivity contribution < 1.29 is 85.1 Å². The Morgan fingerprint density at radius 2 is 1.28 bits per heavy atom. The summed E-state index contributed by atoms with van der Waals surface area (Å²) in [7, 11) is -8.43. The fraction of sp³-hybridized carbons (Fsp3) is 0.138. The van der Waals surface area contributed by atoms with Crippen LogP contribution in [0.25, 0.3) is 43.1 Å². The number of phenolic OH excluding ortho intramolecular Hbond substituents is 3. The first-order valence-electron chi connectivity index (χ1n) is 26.1. The number of ether oxygens (including phenoxy) is 2. The Kier molecular flexibility index (Phi) is 18.9. The third-order valence-electron chi connectivity index (χ3n) is 13.7. The van der Waals surface area contributed by atoms with Gasteiger partial charge in [0.05, 0.1) is 76.1 Å². The van der Waals surface area contributed by atoms with Gasteiger partial charge in [-0.2, -0.15) is 32.2 Å². The highest BCUT2D eigenvalue weighted by Crippen LogP contribution is 2.48. The van der Waals surface area contributed by atoms with Crippen molar-refractivity contribution in [3.05, 3.63) is 156 Å². The summed E-state index contributed by atoms with van der Waals surface area (Å²) in [6.07, 6.45) is 3.10. The van der Waals surface area contributed by atoms with Crippen molar-refractivity contribution in [2.45, 2.75) is 46.4 Å². The molecule has 9 aromatic carbocycles. The average Bonchev–Trinajstić information content (AvgIpc) is 1.10. The van der Waals surface area contributed by atoms with Gasteiger partial charge in [0.15, 0.2) is 11.5 Å². The second kappa shape index (κ2) is 26.7. The van der Waals surface area contributed by atoms with E-state index < -0.39 is 53.4 Å². The first-order valence-corrected chi connectivity index (χ1v) is 30.4. The minimum absolute atomic E-state index is 0.0463. The molecule has 27 nitrogen and oxygen atoms in total. The fourth-order valence-corrected chi connectivity index (χ4v) is 11.7. The van der Waals surface area contributed by atoms with Crippen molar-refractivity contribution in [3.8, 4) is 23.0 Å². The van der Waals surface area contributed by atoms with Crippen molar-refractivity contribution in [2.75, 3.05) is 25.6 Å². The van der Waals surface area contributed by atoms with E-state index >= 15 is 0 Å². The van der Waals surface area contributed by atoms with Crippen LogP contribution in [-0.2, 0) is 43.7 Å². The number of aryl methyl sites for hydroxylation is 2. The number of methoxy groups -OCH3 is 1. The lowest BCUT2D eigenvalue weighted by molar-refractivity contribution is -0.432. The van der Waals surface area contributed by atoms with Gasteiger partial charge in [-0.25, -0.2) is 10.5 Å². The number of aliphatic hydroxyl groups excluding tert-OH is 1. The molecular weight excluding hydrogens is 1240 g/mol. The van der Waals surface area contributed by atoms with Gasteiger partial charge in [0.1, 0.15) is 51.5 Å². The molecule has 0 aromatic heterocycles. The molecule has 0 fully saturated rings. The number of benzene rings is 9. The van der Waals surface area contributed by atoms with Gasteiger partial charge >= 0.3 is 0 Å². The topological polar surface area (TPSA) is 396 Å². The van der Waals surface area contributed by atoms with Crippen molar-refractivity contribution in [3.63, 3.8) is 0 Å². The predicted octanol–water partition coefficient (Wildman–Crippen LogP) is 15.6. The molecule has 2 unspecified atom stereocenters. The Labute approximate surface area is 513 Å². The molecule has 1 aliphatic rings. The summed E-state index contributed by atoms with van der Waals surface area (Å²) < 4.78 is 91.2. The normalized spacial score (nSPS) is 15.0. The van der Waals surface area contributed by atoms with E-state index in [-0.39, 0.29) is 85.4 Å². The summed E-state index contributed by atoms with van der Waals surface area (Å²) in [5.41, 5.74) is 2.53. The lowest BCUT2D eigenvalue weighted by Crippen LogP contribution is -2.17. The molecule has 0 heterocycles. The number of nitrogens with one attached hydrogen (secondary N) is 1. The van der Waals surface area contributed by atoms with Gasteiger partial charge in [-0.05, 0) is 150 Å². The van der Waals surface area contributed by atoms with Crippen LogP contribution in [0.15, 0.2) is 205 Å². The zero-order chi connectivity index (χ0) is 63.3. The van der Waals surface area contributed by atoms with Crippen molar-refractivity contribution in [2.24, 2.45) is 46.8 Å². The molecule has 89 heavy (non-hydrogen) atoms. The number of rotatable bonds is 22. The van der Waals surface area contributed by atoms with Gasteiger partial charge in [-0.15, -0.1) is 34.2 Å². The Morgan fingerprint density at radius 1 is 0.607 bits per heavy atom. The molecule has 9 aromatic rings. The van der Waals surface area contributed by atoms with Gasteiger partial charge in [0.25, 0.3) is 20.2 Å². The minimum Gasteiger partial charge on any atom is -0.507 e. The SMILES string of the molecule is COC1=CC(N=Nc2cc(S(=O)(=O)O)cc3cc(C)cc(O)c23)C(C)C=C1N=Nc1c(S(=O)(=O)O)cc2cc(Nc3ccc4c(O)c(N=Nc5cc(C)c(N=Nc6cccc7cc(SOOO)ccc67)cc5OCCO)c(SOOO)cc4c3)ccc2c1O. The summed E-state index contributed by atoms with van der Waals surface area (Å²) in [5.74, 6) is -1.43. The highest BCUT2D eigenvalue weighted by Gasteiger charge is 2.27. The van der Waals surface area contributed by atoms with Gasteiger partial charge in [-0.1, -0.05) is 41.3 Å². The minimum atomic E-state index is -5.08. The maximum atomic E-state index is 13.0. The molecule has 9 N–H and O–H groups in total. The van der Waals surface area contributed by atoms with Crippen LogP contribution >= 0.6 is 24.1 Å². The summed E-state index contributed by atoms with van der Waals surface area (Å²) in [6.45, 7) is 4.74. The molecule has 0 spiro atoms. The van der Waals surface area contributed by atoms with E-state index in [4.69, 9.17) is 24.3 Å². The van der Waals surface area contributed by atoms with Crippen LogP contribution in [0, 0.1) is 19.8 Å². The Balaban J connectivity index is 0.897. The van der Waals surface area contributed by atoms with E-state index in [9.17, 15) is 46.4 Å². The number of phenols is 3. The quantitative estimate of drug-likeness (QED) is 0.0100. The van der Waals surface area contributed by atoms with Crippen molar-refractivity contribution in [1.29, 1.82) is 0 Å². The molecule has 0 bridgehead atoms. The summed E-state index contributed by atoms with van der Waals surface area (Å²) in [4.78, 5) is -0.464. The van der Waals surface area contributed by atoms with E-state index in [0.29, 0.717) is 61.6 Å². The number of anilines is 2. The van der Waals surface area contributed by atoms with Gasteiger partial charge < -0.3 is 35.2 Å². The fourth-order valence-electron chi connectivity index (χ4n) is 9.57. The van der Waals surface area contributed by atoms with E-state index in [1.165, 1.54) is 37.5 Å². The largest absolute Gasteiger partial charge is 0.507 e. The monoisotopic (exact) mass is 1290 g/mol. The lowest BCUT2D eigenvalue weighted by atomic mass is 9.95. The smallest absolute Gasteiger partial charge is 0.296 e. The predicted molar refractivity (Wildman–Crippen MR) is 327 cm³/mol. The summed E-state index contributed by atoms with van der Waals surface area (Å²) in [5, 5.41) is 110. The number of azo groups is 4. The third kappa shape index (κ3) is 14.1. The first-order chi connectivity index (χ1) is 42.6. The third-order valence-corrected chi connectivity index (χ3v) is 16.6. The molecule has 31 heteroatoms. The number of nitrogens with zero attached hydrogens (tertiary/aromatic N) is 8. The molecular formula is C58H49N9O18S4. The standard InChI is InChI=1S/C58H49N9O18S4/c1-29-16-35-23-39(88(74,75)76)26-48(54(35)49(69)17-29)65-62-44-27-50(80-4)46(18-30(44)2)63-67-56-53(89(77,78)79)25-34-21-37(9-12-42(34)58(56)71)59-36-8-11-41-33(20-36)24-52(87-85-83-73)55(57(41)70)66-64-47-19-31(3)45(28-51(47)81-15-14-68)61-60-43-7-5-6-32-22-38(86-84-82-72)10-13-40(32)43/h5-13,16-28,30,44,59,68-73H,14-15H2,1-4H3,(H,74,75,76)(H,77,78,79). The molecule has 0 aliphatic heterocycles. The highest BCUT2D eigenvalue weighted by atomic mass is 32.2. The Hall–Kier alpha value is -9.06. The second-order valence-corrected chi connectivity index (χ2v) is 24.0. The van der Waals surface area contributed by atoms with E-state index in [1.54, 1.807) is 93.6 Å². The maximum Gasteiger partial charge on any atom is 0.296 e. The second-order valence-electron chi connectivity index (χ2n) is 19.7. The van der Waals surface area contributed by atoms with Crippen LogP contribution in [0.3, 0.4) is 0 Å². The Morgan fingerprint density at radius 3 is 1.98 bits per heavy atom. The van der Waals surface area contributed by atoms with Crippen LogP contribution in [0.5, 0.6) is 23.0 Å². The zero-order valence-electron chi connectivity index (χ0n) is 46.6. The first kappa shape index (κ1) is 63.0. The molecule has 0 amide bonds. The molecule has 0 saturated heterocycles. The Bertz CT molecular complexity index is 4720. The average molecular weight is 1290 g/mol. The van der Waals surface area contributed by atoms with E-state index in [1.807, 2.05) is 18.2 Å². The maximum absolute atomic E-state index is 13.0. The molecule has 10 rings (SSSR count). The van der Waals surface area contributed by atoms with Crippen LogP contribution in [0.2, 0.25) is 0 Å². The lowest BCUT2D eigenvalue weighted by Gasteiger charge is -2.20. The van der Waals surface area contributed by atoms with Crippen LogP contribution in [-0.4, -0.2) is 83.2 Å².